The third-order valence-electron chi connectivity index (χ3n) is 3.57. The molecule has 5 nitrogen and oxygen atoms in total. The Bertz CT molecular complexity index is 883. The minimum atomic E-state index is -0.444. The van der Waals surface area contributed by atoms with E-state index in [1.807, 2.05) is 25.1 Å². The van der Waals surface area contributed by atoms with Crippen molar-refractivity contribution >= 4 is 30.0 Å². The van der Waals surface area contributed by atoms with Crippen LogP contribution in [0.5, 0.6) is 11.5 Å². The molecule has 0 fully saturated rings. The van der Waals surface area contributed by atoms with Gasteiger partial charge in [-0.05, 0) is 31.2 Å². The van der Waals surface area contributed by atoms with Crippen LogP contribution in [0.25, 0.3) is 11.8 Å². The molecule has 1 aliphatic heterocycles. The van der Waals surface area contributed by atoms with Crippen molar-refractivity contribution in [2.45, 2.75) is 6.92 Å². The Morgan fingerprint density at radius 3 is 2.70 bits per heavy atom. The second kappa shape index (κ2) is 5.89. The normalized spacial score (nSPS) is 14.6. The van der Waals surface area contributed by atoms with Crippen molar-refractivity contribution in [3.05, 3.63) is 51.3 Å². The number of aromatic amines is 1. The summed E-state index contributed by atoms with van der Waals surface area (Å²) in [4.78, 5) is 15.0. The lowest BCUT2D eigenvalue weighted by atomic mass is 10.1. The number of aromatic nitrogens is 1. The summed E-state index contributed by atoms with van der Waals surface area (Å²) < 4.78 is 16.3. The van der Waals surface area contributed by atoms with Crippen molar-refractivity contribution in [1.29, 1.82) is 0 Å². The van der Waals surface area contributed by atoms with Gasteiger partial charge in [0.25, 0.3) is 0 Å². The molecule has 1 aromatic carbocycles. The Morgan fingerprint density at radius 1 is 1.22 bits per heavy atom. The number of benzene rings is 1. The first-order valence-corrected chi connectivity index (χ1v) is 7.34. The van der Waals surface area contributed by atoms with Crippen molar-refractivity contribution in [3.63, 3.8) is 0 Å². The van der Waals surface area contributed by atoms with Crippen LogP contribution in [0, 0.1) is 11.6 Å². The SMILES string of the molecule is COc1ccc(/C=C2\OC(=O)c3c2cc(C)[nH]c3=S)c(OC)c1. The second-order valence-corrected chi connectivity index (χ2v) is 5.48. The van der Waals surface area contributed by atoms with Crippen molar-refractivity contribution < 1.29 is 19.0 Å². The van der Waals surface area contributed by atoms with Crippen LogP contribution >= 0.6 is 12.2 Å². The number of methoxy groups -OCH3 is 2. The molecule has 23 heavy (non-hydrogen) atoms. The summed E-state index contributed by atoms with van der Waals surface area (Å²) in [6.07, 6.45) is 1.76. The Hall–Kier alpha value is -2.60. The standard InChI is InChI=1S/C17H15NO4S/c1-9-6-12-14(22-17(19)15(12)16(23)18-9)7-10-4-5-11(20-2)8-13(10)21-3/h4-8H,1-3H3,(H,18,23)/b14-7-. The van der Waals surface area contributed by atoms with E-state index in [1.54, 1.807) is 26.4 Å². The van der Waals surface area contributed by atoms with Gasteiger partial charge >= 0.3 is 5.97 Å². The predicted molar refractivity (Wildman–Crippen MR) is 89.2 cm³/mol. The number of pyridine rings is 1. The minimum Gasteiger partial charge on any atom is -0.497 e. The molecule has 2 heterocycles. The van der Waals surface area contributed by atoms with E-state index in [0.717, 1.165) is 11.3 Å². The third kappa shape index (κ3) is 2.73. The lowest BCUT2D eigenvalue weighted by Gasteiger charge is -2.08. The molecule has 0 atom stereocenters. The highest BCUT2D eigenvalue weighted by atomic mass is 32.1. The van der Waals surface area contributed by atoms with Gasteiger partial charge in [-0.1, -0.05) is 12.2 Å². The van der Waals surface area contributed by atoms with E-state index in [9.17, 15) is 4.79 Å². The molecule has 6 heteroatoms. The molecular formula is C17H15NO4S. The molecule has 0 aliphatic carbocycles. The zero-order chi connectivity index (χ0) is 16.6. The van der Waals surface area contributed by atoms with E-state index >= 15 is 0 Å². The molecule has 0 amide bonds. The molecule has 2 aromatic rings. The van der Waals surface area contributed by atoms with Crippen LogP contribution in [0.3, 0.4) is 0 Å². The predicted octanol–water partition coefficient (Wildman–Crippen LogP) is 3.74. The monoisotopic (exact) mass is 329 g/mol. The minimum absolute atomic E-state index is 0.384. The summed E-state index contributed by atoms with van der Waals surface area (Å²) in [5, 5.41) is 0. The van der Waals surface area contributed by atoms with Crippen molar-refractivity contribution in [2.75, 3.05) is 14.2 Å². The van der Waals surface area contributed by atoms with Crippen LogP contribution in [0.15, 0.2) is 24.3 Å². The molecule has 0 saturated carbocycles. The zero-order valence-corrected chi connectivity index (χ0v) is 13.7. The van der Waals surface area contributed by atoms with Gasteiger partial charge in [0, 0.05) is 22.9 Å². The van der Waals surface area contributed by atoms with Gasteiger partial charge in [0.05, 0.1) is 14.2 Å². The molecule has 118 valence electrons. The first kappa shape index (κ1) is 15.3. The lowest BCUT2D eigenvalue weighted by Crippen LogP contribution is -1.97. The summed E-state index contributed by atoms with van der Waals surface area (Å²) in [7, 11) is 3.16. The fourth-order valence-corrected chi connectivity index (χ4v) is 2.83. The molecule has 3 rings (SSSR count). The third-order valence-corrected chi connectivity index (χ3v) is 3.87. The number of hydrogen-bond donors (Lipinski definition) is 1. The fourth-order valence-electron chi connectivity index (χ4n) is 2.48. The Labute approximate surface area is 138 Å². The maximum Gasteiger partial charge on any atom is 0.347 e. The summed E-state index contributed by atoms with van der Waals surface area (Å²) in [5.41, 5.74) is 2.72. The number of hydrogen-bond acceptors (Lipinski definition) is 5. The van der Waals surface area contributed by atoms with Gasteiger partial charge < -0.3 is 19.2 Å². The first-order chi connectivity index (χ1) is 11.0. The number of cyclic esters (lactones) is 1. The number of carbonyl (C=O) groups excluding carboxylic acids is 1. The molecule has 1 aliphatic rings. The van der Waals surface area contributed by atoms with Crippen molar-refractivity contribution in [1.82, 2.24) is 4.98 Å². The van der Waals surface area contributed by atoms with E-state index in [2.05, 4.69) is 4.98 Å². The maximum atomic E-state index is 12.1. The number of fused-ring (bicyclic) bond motifs is 1. The van der Waals surface area contributed by atoms with Gasteiger partial charge in [-0.2, -0.15) is 0 Å². The number of esters is 1. The van der Waals surface area contributed by atoms with E-state index in [-0.39, 0.29) is 0 Å². The molecule has 0 saturated heterocycles. The van der Waals surface area contributed by atoms with E-state index in [0.29, 0.717) is 33.0 Å². The molecule has 1 aromatic heterocycles. The smallest absolute Gasteiger partial charge is 0.347 e. The topological polar surface area (TPSA) is 60.5 Å². The molecule has 0 bridgehead atoms. The Morgan fingerprint density at radius 2 is 2.00 bits per heavy atom. The first-order valence-electron chi connectivity index (χ1n) is 6.93. The van der Waals surface area contributed by atoms with Gasteiger partial charge in [-0.25, -0.2) is 4.79 Å². The number of aryl methyl sites for hydroxylation is 1. The highest BCUT2D eigenvalue weighted by Crippen LogP contribution is 2.34. The quantitative estimate of drug-likeness (QED) is 0.686. The number of nitrogens with one attached hydrogen (secondary N) is 1. The fraction of sp³-hybridized carbons (Fsp3) is 0.176. The lowest BCUT2D eigenvalue weighted by molar-refractivity contribution is 0.0716. The maximum absolute atomic E-state index is 12.1. The summed E-state index contributed by atoms with van der Waals surface area (Å²) in [5.74, 6) is 1.32. The average molecular weight is 329 g/mol. The highest BCUT2D eigenvalue weighted by molar-refractivity contribution is 7.71. The largest absolute Gasteiger partial charge is 0.497 e. The van der Waals surface area contributed by atoms with Gasteiger partial charge in [0.1, 0.15) is 27.5 Å². The molecule has 0 radical (unpaired) electrons. The average Bonchev–Trinajstić information content (AvgIpc) is 2.83. The van der Waals surface area contributed by atoms with Gasteiger partial charge in [0.2, 0.25) is 0 Å². The van der Waals surface area contributed by atoms with Crippen LogP contribution in [0.2, 0.25) is 0 Å². The summed E-state index contributed by atoms with van der Waals surface area (Å²) >= 11 is 5.22. The Balaban J connectivity index is 2.13. The number of rotatable bonds is 3. The van der Waals surface area contributed by atoms with Crippen LogP contribution < -0.4 is 9.47 Å². The number of H-pyrrole nitrogens is 1. The van der Waals surface area contributed by atoms with Crippen LogP contribution in [-0.2, 0) is 4.74 Å². The molecular weight excluding hydrogens is 314 g/mol. The van der Waals surface area contributed by atoms with Gasteiger partial charge in [-0.15, -0.1) is 0 Å². The highest BCUT2D eigenvalue weighted by Gasteiger charge is 2.28. The van der Waals surface area contributed by atoms with Crippen LogP contribution in [0.4, 0.5) is 0 Å². The van der Waals surface area contributed by atoms with E-state index in [1.165, 1.54) is 0 Å². The zero-order valence-electron chi connectivity index (χ0n) is 12.9. The van der Waals surface area contributed by atoms with Gasteiger partial charge in [0.15, 0.2) is 0 Å². The van der Waals surface area contributed by atoms with Gasteiger partial charge in [-0.3, -0.25) is 0 Å². The van der Waals surface area contributed by atoms with Crippen molar-refractivity contribution in [3.8, 4) is 11.5 Å². The number of ether oxygens (including phenoxy) is 3. The molecule has 1 N–H and O–H groups in total. The van der Waals surface area contributed by atoms with Crippen LogP contribution in [0.1, 0.15) is 27.2 Å². The molecule has 0 unspecified atom stereocenters. The van der Waals surface area contributed by atoms with Crippen LogP contribution in [-0.4, -0.2) is 25.2 Å². The van der Waals surface area contributed by atoms with Crippen molar-refractivity contribution in [2.24, 2.45) is 0 Å². The van der Waals surface area contributed by atoms with E-state index < -0.39 is 5.97 Å². The summed E-state index contributed by atoms with van der Waals surface area (Å²) in [6, 6.07) is 7.27. The molecule has 0 spiro atoms. The second-order valence-electron chi connectivity index (χ2n) is 5.08. The van der Waals surface area contributed by atoms with E-state index in [4.69, 9.17) is 26.4 Å². The Kier molecular flexibility index (Phi) is 3.92. The number of carbonyl (C=O) groups is 1. The summed E-state index contributed by atoms with van der Waals surface area (Å²) in [6.45, 7) is 1.88.